The summed E-state index contributed by atoms with van der Waals surface area (Å²) in [6, 6.07) is 15.1. The lowest BCUT2D eigenvalue weighted by molar-refractivity contribution is 0.0696. The van der Waals surface area contributed by atoms with Crippen LogP contribution in [-0.2, 0) is 43.0 Å². The van der Waals surface area contributed by atoms with E-state index in [4.69, 9.17) is 29.4 Å². The molecular formula is C44H61N7O4S. The van der Waals surface area contributed by atoms with Gasteiger partial charge in [0.25, 0.3) is 0 Å². The average Bonchev–Trinajstić information content (AvgIpc) is 3.48. The number of rotatable bonds is 18. The number of ether oxygens (including phenoxy) is 2. The third kappa shape index (κ3) is 11.3. The number of carboxylic acid groups (broad SMARTS) is 1. The van der Waals surface area contributed by atoms with E-state index in [2.05, 4.69) is 88.3 Å². The van der Waals surface area contributed by atoms with Gasteiger partial charge in [0.1, 0.15) is 12.1 Å². The number of hydrogen-bond acceptors (Lipinski definition) is 10. The second kappa shape index (κ2) is 20.6. The summed E-state index contributed by atoms with van der Waals surface area (Å²) in [6.07, 6.45) is 5.25. The largest absolute Gasteiger partial charge is 0.478 e. The maximum atomic E-state index is 11.6. The van der Waals surface area contributed by atoms with Crippen LogP contribution in [0.2, 0.25) is 0 Å². The zero-order valence-electron chi connectivity index (χ0n) is 35.1. The van der Waals surface area contributed by atoms with Crippen LogP contribution >= 0.6 is 11.9 Å². The third-order valence-corrected chi connectivity index (χ3v) is 10.1. The topological polar surface area (TPSA) is 136 Å². The molecule has 3 heterocycles. The minimum atomic E-state index is -0.978. The van der Waals surface area contributed by atoms with E-state index < -0.39 is 5.97 Å². The van der Waals surface area contributed by atoms with Crippen molar-refractivity contribution in [1.82, 2.24) is 29.8 Å². The molecule has 0 saturated heterocycles. The van der Waals surface area contributed by atoms with Gasteiger partial charge in [0, 0.05) is 59.9 Å². The number of carbonyl (C=O) groups is 1. The summed E-state index contributed by atoms with van der Waals surface area (Å²) in [5.41, 5.74) is 9.48. The van der Waals surface area contributed by atoms with Gasteiger partial charge < -0.3 is 24.5 Å². The molecule has 12 heteroatoms. The number of carboxylic acids is 1. The van der Waals surface area contributed by atoms with Crippen LogP contribution < -0.4 is 14.8 Å². The first-order chi connectivity index (χ1) is 26.8. The van der Waals surface area contributed by atoms with E-state index in [-0.39, 0.29) is 17.0 Å². The van der Waals surface area contributed by atoms with Gasteiger partial charge in [0.2, 0.25) is 11.8 Å². The summed E-state index contributed by atoms with van der Waals surface area (Å²) >= 11 is 1.26. The van der Waals surface area contributed by atoms with Gasteiger partial charge in [-0.2, -0.15) is 4.98 Å². The van der Waals surface area contributed by atoms with Crippen LogP contribution in [0.1, 0.15) is 107 Å². The van der Waals surface area contributed by atoms with Crippen molar-refractivity contribution in [3.8, 4) is 17.1 Å². The number of benzene rings is 2. The van der Waals surface area contributed by atoms with Crippen LogP contribution in [0, 0.1) is 5.92 Å². The molecule has 11 nitrogen and oxygen atoms in total. The van der Waals surface area contributed by atoms with E-state index >= 15 is 0 Å². The highest BCUT2D eigenvalue weighted by Gasteiger charge is 2.27. The highest BCUT2D eigenvalue weighted by atomic mass is 32.2. The first-order valence-electron chi connectivity index (χ1n) is 19.8. The molecule has 0 spiro atoms. The van der Waals surface area contributed by atoms with Crippen molar-refractivity contribution in [2.75, 3.05) is 25.0 Å². The van der Waals surface area contributed by atoms with Gasteiger partial charge in [-0.3, -0.25) is 9.71 Å². The predicted molar refractivity (Wildman–Crippen MR) is 229 cm³/mol. The van der Waals surface area contributed by atoms with Gasteiger partial charge in [-0.05, 0) is 72.9 Å². The number of aromatic nitrogens is 5. The van der Waals surface area contributed by atoms with Gasteiger partial charge in [-0.1, -0.05) is 86.6 Å². The molecule has 0 amide bonds. The SMILES string of the molecule is CC.CCc1cccc(CC)c1-c1cc(OCC(CC(C)C)NCc2cnc3c(CCOC)c(C(C)(C)C)n(C)c3n2)nc(NSc2cccc(C(=O)O)c2)n1. The van der Waals surface area contributed by atoms with Crippen LogP contribution in [0.4, 0.5) is 5.95 Å². The Bertz CT molecular complexity index is 2040. The molecular weight excluding hydrogens is 723 g/mol. The molecule has 0 aliphatic heterocycles. The van der Waals surface area contributed by atoms with Crippen LogP contribution in [0.25, 0.3) is 22.4 Å². The van der Waals surface area contributed by atoms with Crippen molar-refractivity contribution in [3.05, 3.63) is 88.4 Å². The Morgan fingerprint density at radius 1 is 1.00 bits per heavy atom. The fourth-order valence-electron chi connectivity index (χ4n) is 7.02. The molecule has 0 aliphatic carbocycles. The second-order valence-electron chi connectivity index (χ2n) is 15.0. The Kier molecular flexibility index (Phi) is 16.2. The molecule has 2 aromatic carbocycles. The lowest BCUT2D eigenvalue weighted by Crippen LogP contribution is -2.36. The molecule has 3 aromatic heterocycles. The molecule has 0 saturated carbocycles. The molecule has 1 atom stereocenters. The zero-order valence-corrected chi connectivity index (χ0v) is 35.9. The molecule has 56 heavy (non-hydrogen) atoms. The zero-order chi connectivity index (χ0) is 41.0. The Morgan fingerprint density at radius 2 is 1.70 bits per heavy atom. The van der Waals surface area contributed by atoms with Crippen LogP contribution in [0.3, 0.4) is 0 Å². The lowest BCUT2D eigenvalue weighted by atomic mass is 9.88. The average molecular weight is 784 g/mol. The minimum absolute atomic E-state index is 0.00963. The Morgan fingerprint density at radius 3 is 2.32 bits per heavy atom. The van der Waals surface area contributed by atoms with E-state index in [1.165, 1.54) is 34.3 Å². The Balaban J connectivity index is 0.00000342. The number of aryl methyl sites for hydroxylation is 3. The van der Waals surface area contributed by atoms with E-state index in [1.54, 1.807) is 25.3 Å². The van der Waals surface area contributed by atoms with E-state index in [0.717, 1.165) is 58.7 Å². The number of aromatic carboxylic acids is 1. The van der Waals surface area contributed by atoms with Gasteiger partial charge in [-0.25, -0.2) is 14.8 Å². The molecule has 0 fully saturated rings. The Labute approximate surface area is 337 Å². The van der Waals surface area contributed by atoms with E-state index in [1.807, 2.05) is 32.2 Å². The molecule has 5 aromatic rings. The van der Waals surface area contributed by atoms with Crippen molar-refractivity contribution >= 4 is 35.0 Å². The quantitative estimate of drug-likeness (QED) is 0.0734. The fourth-order valence-corrected chi connectivity index (χ4v) is 7.65. The first kappa shape index (κ1) is 44.2. The molecule has 0 bridgehead atoms. The number of anilines is 1. The summed E-state index contributed by atoms with van der Waals surface area (Å²) in [6.45, 7) is 20.9. The standard InChI is InChI=1S/C42H55N7O4S.C2H6/c1-10-27-14-12-15-28(11-2)36(27)34-22-35(47-41(46-34)48-54-32-17-13-16-29(21-32)40(50)51)53-25-30(20-26(3)4)43-23-31-24-44-37-33(18-19-52-9)38(42(5,6)7)49(8)39(37)45-31;1-2/h12-17,21-22,24,26,30,43H,10-11,18-20,23,25H2,1-9H3,(H,50,51)(H,46,47,48);1-2H3. The number of nitrogens with one attached hydrogen (secondary N) is 2. The van der Waals surface area contributed by atoms with Crippen molar-refractivity contribution < 1.29 is 19.4 Å². The number of fused-ring (bicyclic) bond motifs is 1. The van der Waals surface area contributed by atoms with Gasteiger partial charge in [0.15, 0.2) is 5.65 Å². The van der Waals surface area contributed by atoms with Crippen molar-refractivity contribution in [1.29, 1.82) is 0 Å². The summed E-state index contributed by atoms with van der Waals surface area (Å²) in [4.78, 5) is 32.0. The fraction of sp³-hybridized carbons (Fsp3) is 0.477. The van der Waals surface area contributed by atoms with Crippen molar-refractivity contribution in [3.63, 3.8) is 0 Å². The first-order valence-corrected chi connectivity index (χ1v) is 20.6. The van der Waals surface area contributed by atoms with E-state index in [0.29, 0.717) is 37.5 Å². The smallest absolute Gasteiger partial charge is 0.335 e. The summed E-state index contributed by atoms with van der Waals surface area (Å²) in [5.74, 6) is 0.271. The highest BCUT2D eigenvalue weighted by Crippen LogP contribution is 2.34. The number of hydrogen-bond donors (Lipinski definition) is 3. The Hall–Kier alpha value is -4.52. The molecule has 302 valence electrons. The van der Waals surface area contributed by atoms with Gasteiger partial charge >= 0.3 is 5.97 Å². The lowest BCUT2D eigenvalue weighted by Gasteiger charge is -2.22. The summed E-state index contributed by atoms with van der Waals surface area (Å²) in [7, 11) is 3.81. The monoisotopic (exact) mass is 783 g/mol. The second-order valence-corrected chi connectivity index (χ2v) is 15.9. The van der Waals surface area contributed by atoms with Crippen LogP contribution in [0.15, 0.2) is 59.6 Å². The normalized spacial score (nSPS) is 12.1. The number of nitrogens with zero attached hydrogens (tertiary/aromatic N) is 5. The van der Waals surface area contributed by atoms with Crippen molar-refractivity contribution in [2.24, 2.45) is 13.0 Å². The molecule has 3 N–H and O–H groups in total. The summed E-state index contributed by atoms with van der Waals surface area (Å²) < 4.78 is 17.4. The maximum Gasteiger partial charge on any atom is 0.335 e. The molecule has 0 radical (unpaired) electrons. The van der Waals surface area contributed by atoms with Gasteiger partial charge in [-0.15, -0.1) is 0 Å². The highest BCUT2D eigenvalue weighted by molar-refractivity contribution is 8.00. The molecule has 5 rings (SSSR count). The summed E-state index contributed by atoms with van der Waals surface area (Å²) in [5, 5.41) is 13.2. The third-order valence-electron chi connectivity index (χ3n) is 9.35. The minimum Gasteiger partial charge on any atom is -0.478 e. The number of methoxy groups -OCH3 is 1. The van der Waals surface area contributed by atoms with Crippen LogP contribution in [0.5, 0.6) is 5.88 Å². The van der Waals surface area contributed by atoms with Crippen LogP contribution in [-0.4, -0.2) is 61.9 Å². The molecule has 0 aliphatic rings. The van der Waals surface area contributed by atoms with E-state index in [9.17, 15) is 9.90 Å². The van der Waals surface area contributed by atoms with Crippen molar-refractivity contribution in [2.45, 2.75) is 111 Å². The molecule has 1 unspecified atom stereocenters. The van der Waals surface area contributed by atoms with Gasteiger partial charge in [0.05, 0.1) is 29.8 Å². The maximum absolute atomic E-state index is 11.6. The predicted octanol–water partition coefficient (Wildman–Crippen LogP) is 9.46.